The van der Waals surface area contributed by atoms with Crippen molar-refractivity contribution in [1.29, 1.82) is 0 Å². The van der Waals surface area contributed by atoms with Crippen LogP contribution in [0.4, 0.5) is 4.39 Å². The van der Waals surface area contributed by atoms with Crippen molar-refractivity contribution in [3.05, 3.63) is 53.2 Å². The van der Waals surface area contributed by atoms with Gasteiger partial charge in [-0.25, -0.2) is 22.8 Å². The molecular weight excluding hydrogens is 451 g/mol. The molecule has 0 bridgehead atoms. The summed E-state index contributed by atoms with van der Waals surface area (Å²) in [5, 5.41) is 27.8. The fourth-order valence-electron chi connectivity index (χ4n) is 3.16. The number of aliphatic hydroxyl groups is 2. The quantitative estimate of drug-likeness (QED) is 0.472. The van der Waals surface area contributed by atoms with Gasteiger partial charge in [0.15, 0.2) is 9.84 Å². The topological polar surface area (TPSA) is 138 Å². The lowest BCUT2D eigenvalue weighted by Crippen LogP contribution is -2.19. The summed E-state index contributed by atoms with van der Waals surface area (Å²) in [5.74, 6) is -1.66. The number of hydrogen-bond donors (Lipinski definition) is 3. The van der Waals surface area contributed by atoms with Crippen molar-refractivity contribution in [2.45, 2.75) is 57.0 Å². The summed E-state index contributed by atoms with van der Waals surface area (Å²) in [6.45, 7) is 5.23. The van der Waals surface area contributed by atoms with Crippen LogP contribution in [0.3, 0.4) is 0 Å². The summed E-state index contributed by atoms with van der Waals surface area (Å²) in [6, 6.07) is 5.55. The molecule has 2 rings (SSSR count). The molecule has 8 nitrogen and oxygen atoms in total. The molecular formula is C23H29FN2O6S. The highest BCUT2D eigenvalue weighted by atomic mass is 32.2. The molecule has 2 aromatic rings. The number of carbonyl (C=O) groups is 1. The molecule has 0 saturated heterocycles. The second-order valence-electron chi connectivity index (χ2n) is 8.28. The van der Waals surface area contributed by atoms with E-state index < -0.39 is 45.5 Å². The Hall–Kier alpha value is -2.69. The molecule has 0 amide bonds. The van der Waals surface area contributed by atoms with Crippen molar-refractivity contribution in [3.8, 4) is 11.3 Å². The van der Waals surface area contributed by atoms with Crippen LogP contribution in [0.2, 0.25) is 0 Å². The molecule has 10 heteroatoms. The van der Waals surface area contributed by atoms with Crippen LogP contribution in [0.15, 0.2) is 30.3 Å². The fraction of sp³-hybridized carbons (Fsp3) is 0.435. The van der Waals surface area contributed by atoms with Gasteiger partial charge in [0.25, 0.3) is 0 Å². The zero-order valence-electron chi connectivity index (χ0n) is 18.9. The van der Waals surface area contributed by atoms with Crippen molar-refractivity contribution in [2.75, 3.05) is 6.26 Å². The molecule has 0 saturated carbocycles. The monoisotopic (exact) mass is 480 g/mol. The summed E-state index contributed by atoms with van der Waals surface area (Å²) in [6.07, 6.45) is 0.997. The number of aliphatic carboxylic acids is 1. The van der Waals surface area contributed by atoms with Gasteiger partial charge in [0, 0.05) is 23.8 Å². The number of benzene rings is 1. The lowest BCUT2D eigenvalue weighted by molar-refractivity contribution is -0.139. The molecule has 3 N–H and O–H groups in total. The molecule has 3 atom stereocenters. The van der Waals surface area contributed by atoms with E-state index >= 15 is 0 Å². The fourth-order valence-corrected chi connectivity index (χ4v) is 3.65. The van der Waals surface area contributed by atoms with Gasteiger partial charge in [-0.1, -0.05) is 26.0 Å². The third-order valence-electron chi connectivity index (χ3n) is 5.07. The minimum Gasteiger partial charge on any atom is -0.481 e. The highest BCUT2D eigenvalue weighted by Crippen LogP contribution is 2.32. The van der Waals surface area contributed by atoms with Crippen LogP contribution in [0.1, 0.15) is 61.9 Å². The Bertz CT molecular complexity index is 1120. The Labute approximate surface area is 192 Å². The first-order valence-corrected chi connectivity index (χ1v) is 12.4. The Morgan fingerprint density at radius 3 is 2.24 bits per heavy atom. The number of sulfone groups is 1. The molecule has 1 heterocycles. The largest absolute Gasteiger partial charge is 0.481 e. The van der Waals surface area contributed by atoms with Crippen LogP contribution in [0.5, 0.6) is 0 Å². The molecule has 0 aliphatic rings. The SMILES string of the molecule is CC(C)c1nc(C(C)S(C)(=O)=O)nc(-c2ccc(F)cc2)c1/C=C/[C@H](O)C[C@H](O)CC(=O)O. The van der Waals surface area contributed by atoms with Crippen molar-refractivity contribution in [1.82, 2.24) is 9.97 Å². The molecule has 0 fully saturated rings. The van der Waals surface area contributed by atoms with E-state index in [9.17, 15) is 27.8 Å². The van der Waals surface area contributed by atoms with Crippen LogP contribution >= 0.6 is 0 Å². The van der Waals surface area contributed by atoms with Gasteiger partial charge in [-0.05, 0) is 37.1 Å². The van der Waals surface area contributed by atoms with Gasteiger partial charge < -0.3 is 15.3 Å². The minimum atomic E-state index is -3.48. The predicted molar refractivity (Wildman–Crippen MR) is 123 cm³/mol. The smallest absolute Gasteiger partial charge is 0.305 e. The Morgan fingerprint density at radius 1 is 1.12 bits per heavy atom. The number of carboxylic acid groups (broad SMARTS) is 1. The number of carboxylic acids is 1. The molecule has 1 unspecified atom stereocenters. The van der Waals surface area contributed by atoms with Gasteiger partial charge in [0.2, 0.25) is 0 Å². The molecule has 0 radical (unpaired) electrons. The number of aromatic nitrogens is 2. The second kappa shape index (κ2) is 11.0. The first kappa shape index (κ1) is 26.6. The van der Waals surface area contributed by atoms with Gasteiger partial charge in [-0.15, -0.1) is 0 Å². The van der Waals surface area contributed by atoms with E-state index in [1.807, 2.05) is 13.8 Å². The van der Waals surface area contributed by atoms with E-state index in [4.69, 9.17) is 5.11 Å². The van der Waals surface area contributed by atoms with E-state index in [2.05, 4.69) is 9.97 Å². The number of nitrogens with zero attached hydrogens (tertiary/aromatic N) is 2. The van der Waals surface area contributed by atoms with Gasteiger partial charge >= 0.3 is 5.97 Å². The lowest BCUT2D eigenvalue weighted by atomic mass is 9.97. The Balaban J connectivity index is 2.61. The lowest BCUT2D eigenvalue weighted by Gasteiger charge is -2.18. The Morgan fingerprint density at radius 2 is 1.73 bits per heavy atom. The standard InChI is InChI=1S/C23H29FN2O6S/c1-13(2)21-19(10-9-17(27)11-18(28)12-20(29)30)22(15-5-7-16(24)8-6-15)26-23(25-21)14(3)33(4,31)32/h5-10,13-14,17-18,27-28H,11-12H2,1-4H3,(H,29,30)/b10-9+/t14?,17-,18-/m0/s1. The summed E-state index contributed by atoms with van der Waals surface area (Å²) in [4.78, 5) is 19.7. The van der Waals surface area contributed by atoms with Crippen molar-refractivity contribution >= 4 is 21.9 Å². The van der Waals surface area contributed by atoms with Crippen LogP contribution in [-0.2, 0) is 14.6 Å². The van der Waals surface area contributed by atoms with Gasteiger partial charge in [-0.3, -0.25) is 4.79 Å². The van der Waals surface area contributed by atoms with Crippen LogP contribution in [0, 0.1) is 5.82 Å². The maximum absolute atomic E-state index is 13.5. The number of halogens is 1. The number of hydrogen-bond acceptors (Lipinski definition) is 7. The molecule has 0 aliphatic carbocycles. The van der Waals surface area contributed by atoms with Crippen LogP contribution < -0.4 is 0 Å². The molecule has 0 spiro atoms. The normalized spacial score (nSPS) is 15.0. The van der Waals surface area contributed by atoms with Crippen molar-refractivity contribution < 1.29 is 32.9 Å². The van der Waals surface area contributed by atoms with Gasteiger partial charge in [0.05, 0.1) is 30.0 Å². The van der Waals surface area contributed by atoms with Crippen LogP contribution in [0.25, 0.3) is 17.3 Å². The summed E-state index contributed by atoms with van der Waals surface area (Å²) in [5.41, 5.74) is 1.94. The number of rotatable bonds is 10. The van der Waals surface area contributed by atoms with Crippen molar-refractivity contribution in [3.63, 3.8) is 0 Å². The third-order valence-corrected chi connectivity index (χ3v) is 6.57. The first-order valence-electron chi connectivity index (χ1n) is 10.4. The zero-order chi connectivity index (χ0) is 24.9. The predicted octanol–water partition coefficient (Wildman–Crippen LogP) is 3.11. The van der Waals surface area contributed by atoms with E-state index in [1.54, 1.807) is 6.08 Å². The van der Waals surface area contributed by atoms with Gasteiger partial charge in [0.1, 0.15) is 16.9 Å². The minimum absolute atomic E-state index is 0.107. The second-order valence-corrected chi connectivity index (χ2v) is 10.6. The van der Waals surface area contributed by atoms with Gasteiger partial charge in [-0.2, -0.15) is 0 Å². The molecule has 1 aromatic heterocycles. The average Bonchev–Trinajstić information content (AvgIpc) is 2.70. The van der Waals surface area contributed by atoms with E-state index in [0.717, 1.165) is 6.26 Å². The van der Waals surface area contributed by atoms with Crippen LogP contribution in [-0.4, -0.2) is 58.1 Å². The third kappa shape index (κ3) is 7.41. The Kier molecular flexibility index (Phi) is 8.82. The first-order chi connectivity index (χ1) is 15.3. The molecule has 1 aromatic carbocycles. The highest BCUT2D eigenvalue weighted by Gasteiger charge is 2.25. The molecule has 33 heavy (non-hydrogen) atoms. The summed E-state index contributed by atoms with van der Waals surface area (Å²) < 4.78 is 37.8. The summed E-state index contributed by atoms with van der Waals surface area (Å²) in [7, 11) is -3.48. The van der Waals surface area contributed by atoms with E-state index in [-0.39, 0.29) is 18.2 Å². The molecule has 0 aliphatic heterocycles. The average molecular weight is 481 g/mol. The van der Waals surface area contributed by atoms with E-state index in [0.29, 0.717) is 22.5 Å². The number of aliphatic hydroxyl groups excluding tert-OH is 2. The zero-order valence-corrected chi connectivity index (χ0v) is 19.8. The maximum atomic E-state index is 13.5. The molecule has 180 valence electrons. The highest BCUT2D eigenvalue weighted by molar-refractivity contribution is 7.90. The van der Waals surface area contributed by atoms with Crippen molar-refractivity contribution in [2.24, 2.45) is 0 Å². The van der Waals surface area contributed by atoms with E-state index in [1.165, 1.54) is 37.3 Å². The summed E-state index contributed by atoms with van der Waals surface area (Å²) >= 11 is 0. The maximum Gasteiger partial charge on any atom is 0.305 e.